The molecule has 2 aromatic carbocycles. The number of imide groups is 1. The van der Waals surface area contributed by atoms with E-state index in [-0.39, 0.29) is 24.3 Å². The van der Waals surface area contributed by atoms with E-state index in [1.807, 2.05) is 42.5 Å². The van der Waals surface area contributed by atoms with Crippen LogP contribution in [0.15, 0.2) is 42.5 Å². The first kappa shape index (κ1) is 22.6. The van der Waals surface area contributed by atoms with Gasteiger partial charge in [0.15, 0.2) is 11.5 Å². The SMILES string of the molecule is COc1cc2c(cc1OC)CN(C(=O)CC[C@H]1NC(=O)N(CCc3ccccc3)C1=O)CC2. The number of carbonyl (C=O) groups excluding carboxylic acids is 3. The van der Waals surface area contributed by atoms with E-state index >= 15 is 0 Å². The van der Waals surface area contributed by atoms with Crippen molar-refractivity contribution in [3.05, 3.63) is 59.2 Å². The molecule has 0 radical (unpaired) electrons. The Balaban J connectivity index is 1.31. The smallest absolute Gasteiger partial charge is 0.324 e. The van der Waals surface area contributed by atoms with Gasteiger partial charge in [-0.3, -0.25) is 14.5 Å². The van der Waals surface area contributed by atoms with Crippen LogP contribution in [0.4, 0.5) is 4.79 Å². The lowest BCUT2D eigenvalue weighted by Crippen LogP contribution is -2.37. The van der Waals surface area contributed by atoms with Gasteiger partial charge in [0.05, 0.1) is 14.2 Å². The molecule has 2 heterocycles. The van der Waals surface area contributed by atoms with Crippen LogP contribution >= 0.6 is 0 Å². The molecular formula is C25H29N3O5. The Hall–Kier alpha value is -3.55. The van der Waals surface area contributed by atoms with Crippen LogP contribution in [0.5, 0.6) is 11.5 Å². The summed E-state index contributed by atoms with van der Waals surface area (Å²) in [5.74, 6) is 1.04. The van der Waals surface area contributed by atoms with Crippen molar-refractivity contribution in [2.75, 3.05) is 27.3 Å². The van der Waals surface area contributed by atoms with Crippen molar-refractivity contribution < 1.29 is 23.9 Å². The number of nitrogens with zero attached hydrogens (tertiary/aromatic N) is 2. The van der Waals surface area contributed by atoms with Gasteiger partial charge in [0.25, 0.3) is 5.91 Å². The third-order valence-electron chi connectivity index (χ3n) is 6.29. The summed E-state index contributed by atoms with van der Waals surface area (Å²) in [5, 5.41) is 2.73. The summed E-state index contributed by atoms with van der Waals surface area (Å²) in [6, 6.07) is 12.6. The summed E-state index contributed by atoms with van der Waals surface area (Å²) >= 11 is 0. The van der Waals surface area contributed by atoms with Gasteiger partial charge in [-0.05, 0) is 48.1 Å². The molecule has 1 fully saturated rings. The molecule has 1 N–H and O–H groups in total. The van der Waals surface area contributed by atoms with Crippen molar-refractivity contribution >= 4 is 17.8 Å². The minimum absolute atomic E-state index is 0.0276. The van der Waals surface area contributed by atoms with Gasteiger partial charge >= 0.3 is 6.03 Å². The maximum Gasteiger partial charge on any atom is 0.324 e. The second-order valence-corrected chi connectivity index (χ2v) is 8.31. The number of rotatable bonds is 8. The highest BCUT2D eigenvalue weighted by Gasteiger charge is 2.37. The number of benzene rings is 2. The van der Waals surface area contributed by atoms with Crippen LogP contribution in [0, 0.1) is 0 Å². The van der Waals surface area contributed by atoms with Gasteiger partial charge in [-0.15, -0.1) is 0 Å². The molecule has 0 unspecified atom stereocenters. The molecule has 1 saturated heterocycles. The van der Waals surface area contributed by atoms with E-state index in [0.29, 0.717) is 44.0 Å². The van der Waals surface area contributed by atoms with E-state index in [9.17, 15) is 14.4 Å². The number of carbonyl (C=O) groups is 3. The van der Waals surface area contributed by atoms with E-state index in [0.717, 1.165) is 23.1 Å². The van der Waals surface area contributed by atoms with E-state index in [1.165, 1.54) is 4.90 Å². The number of methoxy groups -OCH3 is 2. The molecule has 2 aliphatic heterocycles. The molecule has 33 heavy (non-hydrogen) atoms. The van der Waals surface area contributed by atoms with Gasteiger partial charge in [0.2, 0.25) is 5.91 Å². The largest absolute Gasteiger partial charge is 0.493 e. The summed E-state index contributed by atoms with van der Waals surface area (Å²) in [6.45, 7) is 1.42. The molecule has 1 atom stereocenters. The summed E-state index contributed by atoms with van der Waals surface area (Å²) in [7, 11) is 3.20. The van der Waals surface area contributed by atoms with Gasteiger partial charge in [-0.2, -0.15) is 0 Å². The zero-order chi connectivity index (χ0) is 23.4. The number of hydrogen-bond donors (Lipinski definition) is 1. The minimum Gasteiger partial charge on any atom is -0.493 e. The summed E-state index contributed by atoms with van der Waals surface area (Å²) in [5.41, 5.74) is 3.24. The predicted octanol–water partition coefficient (Wildman–Crippen LogP) is 2.53. The first-order chi connectivity index (χ1) is 16.0. The fourth-order valence-corrected chi connectivity index (χ4v) is 4.39. The second kappa shape index (κ2) is 9.94. The van der Waals surface area contributed by atoms with Crippen molar-refractivity contribution in [1.82, 2.24) is 15.1 Å². The van der Waals surface area contributed by atoms with Gasteiger partial charge in [0.1, 0.15) is 6.04 Å². The fourth-order valence-electron chi connectivity index (χ4n) is 4.39. The van der Waals surface area contributed by atoms with Crippen LogP contribution in [-0.2, 0) is 29.0 Å². The van der Waals surface area contributed by atoms with Crippen LogP contribution in [-0.4, -0.2) is 61.0 Å². The molecule has 0 aromatic heterocycles. The molecule has 8 nitrogen and oxygen atoms in total. The van der Waals surface area contributed by atoms with Crippen LogP contribution in [0.3, 0.4) is 0 Å². The number of urea groups is 1. The molecule has 2 aromatic rings. The van der Waals surface area contributed by atoms with Crippen LogP contribution in [0.25, 0.3) is 0 Å². The van der Waals surface area contributed by atoms with Crippen molar-refractivity contribution in [3.8, 4) is 11.5 Å². The number of ether oxygens (including phenoxy) is 2. The number of hydrogen-bond acceptors (Lipinski definition) is 5. The van der Waals surface area contributed by atoms with Crippen LogP contribution < -0.4 is 14.8 Å². The molecule has 0 bridgehead atoms. The predicted molar refractivity (Wildman–Crippen MR) is 122 cm³/mol. The molecule has 0 saturated carbocycles. The monoisotopic (exact) mass is 451 g/mol. The minimum atomic E-state index is -0.654. The highest BCUT2D eigenvalue weighted by atomic mass is 16.5. The lowest BCUT2D eigenvalue weighted by Gasteiger charge is -2.30. The van der Waals surface area contributed by atoms with E-state index in [1.54, 1.807) is 19.1 Å². The van der Waals surface area contributed by atoms with Crippen LogP contribution in [0.2, 0.25) is 0 Å². The van der Waals surface area contributed by atoms with Gasteiger partial charge in [0, 0.05) is 26.1 Å². The van der Waals surface area contributed by atoms with Crippen molar-refractivity contribution in [2.45, 2.75) is 38.3 Å². The van der Waals surface area contributed by atoms with E-state index < -0.39 is 6.04 Å². The maximum absolute atomic E-state index is 12.9. The highest BCUT2D eigenvalue weighted by molar-refractivity contribution is 6.04. The Morgan fingerprint density at radius 3 is 2.45 bits per heavy atom. The third-order valence-corrected chi connectivity index (χ3v) is 6.29. The average molecular weight is 452 g/mol. The maximum atomic E-state index is 12.9. The lowest BCUT2D eigenvalue weighted by molar-refractivity contribution is -0.132. The molecule has 174 valence electrons. The van der Waals surface area contributed by atoms with Crippen molar-refractivity contribution in [2.24, 2.45) is 0 Å². The van der Waals surface area contributed by atoms with Gasteiger partial charge in [-0.25, -0.2) is 4.79 Å². The molecular weight excluding hydrogens is 422 g/mol. The Kier molecular flexibility index (Phi) is 6.82. The van der Waals surface area contributed by atoms with Gasteiger partial charge in [-0.1, -0.05) is 30.3 Å². The molecule has 4 rings (SSSR count). The van der Waals surface area contributed by atoms with Crippen molar-refractivity contribution in [1.29, 1.82) is 0 Å². The van der Waals surface area contributed by atoms with Crippen molar-refractivity contribution in [3.63, 3.8) is 0 Å². The van der Waals surface area contributed by atoms with Gasteiger partial charge < -0.3 is 19.7 Å². The van der Waals surface area contributed by atoms with Crippen LogP contribution in [0.1, 0.15) is 29.5 Å². The Labute approximate surface area is 193 Å². The molecule has 2 aliphatic rings. The summed E-state index contributed by atoms with van der Waals surface area (Å²) in [6.07, 6.45) is 1.83. The Morgan fingerprint density at radius 2 is 1.76 bits per heavy atom. The fraction of sp³-hybridized carbons (Fsp3) is 0.400. The topological polar surface area (TPSA) is 88.2 Å². The Morgan fingerprint density at radius 1 is 1.06 bits per heavy atom. The number of amides is 4. The molecule has 8 heteroatoms. The lowest BCUT2D eigenvalue weighted by atomic mass is 9.98. The Bertz CT molecular complexity index is 1040. The standard InChI is InChI=1S/C25H29N3O5/c1-32-21-14-18-11-12-27(16-19(18)15-22(21)33-2)23(29)9-8-20-24(30)28(25(31)26-20)13-10-17-6-4-3-5-7-17/h3-7,14-15,20H,8-13,16H2,1-2H3,(H,26,31)/t20-/m1/s1. The zero-order valence-corrected chi connectivity index (χ0v) is 19.0. The zero-order valence-electron chi connectivity index (χ0n) is 19.0. The first-order valence-electron chi connectivity index (χ1n) is 11.2. The molecule has 0 spiro atoms. The molecule has 4 amide bonds. The van der Waals surface area contributed by atoms with E-state index in [4.69, 9.17) is 9.47 Å². The third kappa shape index (κ3) is 4.94. The second-order valence-electron chi connectivity index (χ2n) is 8.31. The average Bonchev–Trinajstić information content (AvgIpc) is 3.12. The highest BCUT2D eigenvalue weighted by Crippen LogP contribution is 2.33. The normalized spacial score (nSPS) is 17.6. The number of fused-ring (bicyclic) bond motifs is 1. The first-order valence-corrected chi connectivity index (χ1v) is 11.2. The summed E-state index contributed by atoms with van der Waals surface area (Å²) < 4.78 is 10.7. The molecule has 0 aliphatic carbocycles. The van der Waals surface area contributed by atoms with E-state index in [2.05, 4.69) is 5.32 Å². The quantitative estimate of drug-likeness (QED) is 0.623. The number of nitrogens with one attached hydrogen (secondary N) is 1. The summed E-state index contributed by atoms with van der Waals surface area (Å²) in [4.78, 5) is 40.9.